The number of anilines is 2. The molecule has 0 amide bonds. The number of nitrogens with one attached hydrogen (secondary N) is 2. The molecule has 2 rings (SSSR count). The Kier molecular flexibility index (Phi) is 4.13. The predicted octanol–water partition coefficient (Wildman–Crippen LogP) is 3.01. The molecule has 1 aromatic carbocycles. The van der Waals surface area contributed by atoms with Crippen LogP contribution in [0.1, 0.15) is 26.7 Å². The van der Waals surface area contributed by atoms with Crippen LogP contribution in [0.15, 0.2) is 18.2 Å². The lowest BCUT2D eigenvalue weighted by atomic mass is 9.93. The normalized spacial score (nSPS) is 21.2. The molecule has 110 valence electrons. The van der Waals surface area contributed by atoms with Gasteiger partial charge in [-0.3, -0.25) is 10.1 Å². The van der Waals surface area contributed by atoms with E-state index in [0.29, 0.717) is 18.0 Å². The molecule has 1 fully saturated rings. The zero-order valence-electron chi connectivity index (χ0n) is 12.1. The summed E-state index contributed by atoms with van der Waals surface area (Å²) in [4.78, 5) is 10.9. The lowest BCUT2D eigenvalue weighted by Gasteiger charge is -2.36. The molecule has 1 aliphatic rings. The summed E-state index contributed by atoms with van der Waals surface area (Å²) in [5.41, 5.74) is 0.987. The minimum absolute atomic E-state index is 0.0966. The van der Waals surface area contributed by atoms with Gasteiger partial charge in [-0.05, 0) is 38.8 Å². The average molecular weight is 279 g/mol. The molecule has 1 aliphatic heterocycles. The summed E-state index contributed by atoms with van der Waals surface area (Å²) in [7, 11) is 1.68. The molecular formula is C14H21N3O3. The molecule has 6 nitrogen and oxygen atoms in total. The van der Waals surface area contributed by atoms with Crippen LogP contribution in [-0.4, -0.2) is 30.2 Å². The Hall–Kier alpha value is -1.82. The minimum Gasteiger partial charge on any atom is -0.382 e. The van der Waals surface area contributed by atoms with Gasteiger partial charge in [0, 0.05) is 19.7 Å². The van der Waals surface area contributed by atoms with Gasteiger partial charge in [-0.15, -0.1) is 0 Å². The number of para-hydroxylation sites is 1. The van der Waals surface area contributed by atoms with Crippen molar-refractivity contribution in [1.82, 2.24) is 0 Å². The van der Waals surface area contributed by atoms with Crippen LogP contribution in [-0.2, 0) is 4.74 Å². The zero-order chi connectivity index (χ0) is 14.8. The third kappa shape index (κ3) is 3.19. The van der Waals surface area contributed by atoms with E-state index in [2.05, 4.69) is 10.6 Å². The summed E-state index contributed by atoms with van der Waals surface area (Å²) in [5.74, 6) is 0. The van der Waals surface area contributed by atoms with E-state index in [4.69, 9.17) is 4.74 Å². The van der Waals surface area contributed by atoms with E-state index in [9.17, 15) is 10.1 Å². The molecule has 1 saturated heterocycles. The molecule has 1 heterocycles. The van der Waals surface area contributed by atoms with Crippen molar-refractivity contribution in [3.8, 4) is 0 Å². The molecule has 0 radical (unpaired) electrons. The molecule has 0 saturated carbocycles. The van der Waals surface area contributed by atoms with Gasteiger partial charge in [0.05, 0.1) is 10.5 Å². The first kappa shape index (κ1) is 14.6. The van der Waals surface area contributed by atoms with E-state index in [1.807, 2.05) is 19.9 Å². The van der Waals surface area contributed by atoms with Crippen LogP contribution in [0, 0.1) is 10.1 Å². The van der Waals surface area contributed by atoms with Gasteiger partial charge in [-0.2, -0.15) is 0 Å². The number of hydrogen-bond acceptors (Lipinski definition) is 5. The van der Waals surface area contributed by atoms with Gasteiger partial charge in [0.1, 0.15) is 11.4 Å². The lowest BCUT2D eigenvalue weighted by Crippen LogP contribution is -2.40. The molecule has 1 atom stereocenters. The van der Waals surface area contributed by atoms with Gasteiger partial charge in [-0.25, -0.2) is 0 Å². The molecule has 0 bridgehead atoms. The Bertz CT molecular complexity index is 502. The first-order chi connectivity index (χ1) is 9.43. The Balaban J connectivity index is 2.23. The molecule has 20 heavy (non-hydrogen) atoms. The van der Waals surface area contributed by atoms with Crippen LogP contribution in [0.5, 0.6) is 0 Å². The maximum Gasteiger partial charge on any atom is 0.315 e. The van der Waals surface area contributed by atoms with Crippen molar-refractivity contribution in [2.24, 2.45) is 0 Å². The molecule has 0 aromatic heterocycles. The summed E-state index contributed by atoms with van der Waals surface area (Å²) < 4.78 is 5.67. The number of hydrogen-bond donors (Lipinski definition) is 2. The Morgan fingerprint density at radius 1 is 1.40 bits per heavy atom. The second-order valence-electron chi connectivity index (χ2n) is 5.65. The number of nitro benzene ring substituents is 1. The van der Waals surface area contributed by atoms with E-state index in [0.717, 1.165) is 12.8 Å². The quantitative estimate of drug-likeness (QED) is 0.654. The highest BCUT2D eigenvalue weighted by Crippen LogP contribution is 2.35. The van der Waals surface area contributed by atoms with E-state index in [1.54, 1.807) is 19.2 Å². The SMILES string of the molecule is CNc1cccc(NC2CCOC(C)(C)C2)c1[N+](=O)[O-]. The lowest BCUT2D eigenvalue weighted by molar-refractivity contribution is -0.383. The highest BCUT2D eigenvalue weighted by Gasteiger charge is 2.30. The van der Waals surface area contributed by atoms with Gasteiger partial charge >= 0.3 is 5.69 Å². The Labute approximate surface area is 118 Å². The first-order valence-corrected chi connectivity index (χ1v) is 6.78. The number of rotatable bonds is 4. The van der Waals surface area contributed by atoms with Crippen LogP contribution >= 0.6 is 0 Å². The number of ether oxygens (including phenoxy) is 1. The van der Waals surface area contributed by atoms with E-state index >= 15 is 0 Å². The van der Waals surface area contributed by atoms with Gasteiger partial charge < -0.3 is 15.4 Å². The largest absolute Gasteiger partial charge is 0.382 e. The van der Waals surface area contributed by atoms with Gasteiger partial charge in [0.25, 0.3) is 0 Å². The molecule has 1 aromatic rings. The van der Waals surface area contributed by atoms with E-state index in [-0.39, 0.29) is 22.3 Å². The number of benzene rings is 1. The second kappa shape index (κ2) is 5.66. The average Bonchev–Trinajstić information content (AvgIpc) is 2.36. The second-order valence-corrected chi connectivity index (χ2v) is 5.65. The number of nitrogens with zero attached hydrogens (tertiary/aromatic N) is 1. The smallest absolute Gasteiger partial charge is 0.315 e. The highest BCUT2D eigenvalue weighted by molar-refractivity contribution is 5.76. The maximum absolute atomic E-state index is 11.3. The summed E-state index contributed by atoms with van der Waals surface area (Å²) >= 11 is 0. The maximum atomic E-state index is 11.3. The van der Waals surface area contributed by atoms with Crippen molar-refractivity contribution in [3.05, 3.63) is 28.3 Å². The predicted molar refractivity (Wildman–Crippen MR) is 79.3 cm³/mol. The van der Waals surface area contributed by atoms with Gasteiger partial charge in [0.2, 0.25) is 0 Å². The summed E-state index contributed by atoms with van der Waals surface area (Å²) in [6.07, 6.45) is 1.68. The van der Waals surface area contributed by atoms with Crippen molar-refractivity contribution >= 4 is 17.1 Å². The summed E-state index contributed by atoms with van der Waals surface area (Å²) in [6, 6.07) is 5.45. The Morgan fingerprint density at radius 3 is 2.70 bits per heavy atom. The van der Waals surface area contributed by atoms with Crippen molar-refractivity contribution < 1.29 is 9.66 Å². The molecule has 2 N–H and O–H groups in total. The third-order valence-electron chi connectivity index (χ3n) is 3.54. The van der Waals surface area contributed by atoms with Crippen molar-refractivity contribution in [2.75, 3.05) is 24.3 Å². The highest BCUT2D eigenvalue weighted by atomic mass is 16.6. The van der Waals surface area contributed by atoms with Crippen LogP contribution in [0.25, 0.3) is 0 Å². The number of nitro groups is 1. The molecule has 0 aliphatic carbocycles. The fraction of sp³-hybridized carbons (Fsp3) is 0.571. The van der Waals surface area contributed by atoms with Crippen molar-refractivity contribution in [3.63, 3.8) is 0 Å². The Morgan fingerprint density at radius 2 is 2.10 bits per heavy atom. The first-order valence-electron chi connectivity index (χ1n) is 6.78. The van der Waals surface area contributed by atoms with Crippen LogP contribution in [0.4, 0.5) is 17.1 Å². The van der Waals surface area contributed by atoms with E-state index in [1.165, 1.54) is 0 Å². The van der Waals surface area contributed by atoms with Crippen LogP contribution in [0.3, 0.4) is 0 Å². The van der Waals surface area contributed by atoms with Crippen LogP contribution < -0.4 is 10.6 Å². The van der Waals surface area contributed by atoms with Gasteiger partial charge in [-0.1, -0.05) is 6.07 Å². The zero-order valence-corrected chi connectivity index (χ0v) is 12.1. The molecule has 6 heteroatoms. The third-order valence-corrected chi connectivity index (χ3v) is 3.54. The van der Waals surface area contributed by atoms with E-state index < -0.39 is 0 Å². The monoisotopic (exact) mass is 279 g/mol. The summed E-state index contributed by atoms with van der Waals surface area (Å²) in [6.45, 7) is 4.75. The minimum atomic E-state index is -0.349. The fourth-order valence-corrected chi connectivity index (χ4v) is 2.63. The summed E-state index contributed by atoms with van der Waals surface area (Å²) in [5, 5.41) is 17.4. The molecule has 0 spiro atoms. The topological polar surface area (TPSA) is 76.4 Å². The van der Waals surface area contributed by atoms with Crippen molar-refractivity contribution in [2.45, 2.75) is 38.3 Å². The standard InChI is InChI=1S/C14H21N3O3/c1-14(2)9-10(7-8-20-14)16-12-6-4-5-11(15-3)13(12)17(18)19/h4-6,10,15-16H,7-9H2,1-3H3. The van der Waals surface area contributed by atoms with Crippen molar-refractivity contribution in [1.29, 1.82) is 0 Å². The van der Waals surface area contributed by atoms with Gasteiger partial charge in [0.15, 0.2) is 0 Å². The van der Waals surface area contributed by atoms with Crippen LogP contribution in [0.2, 0.25) is 0 Å². The molecule has 1 unspecified atom stereocenters. The molecular weight excluding hydrogens is 258 g/mol. The fourth-order valence-electron chi connectivity index (χ4n) is 2.63.